The first-order chi connectivity index (χ1) is 16.7. The zero-order valence-electron chi connectivity index (χ0n) is 20.1. The molecule has 0 aromatic rings. The summed E-state index contributed by atoms with van der Waals surface area (Å²) < 4.78 is 173. The SMILES string of the molecule is CCCCCCCCCCCCCC(=O)OCCC(F)(F)C(F)(F)C(F)(F)C(F)(F)C(F)(F)C(F)(F)F. The molecule has 0 saturated carbocycles. The van der Waals surface area contributed by atoms with Crippen LogP contribution in [0.1, 0.15) is 90.4 Å². The molecule has 0 saturated heterocycles. The lowest BCUT2D eigenvalue weighted by atomic mass is 9.93. The molecule has 15 heteroatoms. The third kappa shape index (κ3) is 9.07. The quantitative estimate of drug-likeness (QED) is 0.0873. The minimum atomic E-state index is -7.93. The van der Waals surface area contributed by atoms with E-state index in [0.29, 0.717) is 6.42 Å². The molecular weight excluding hydrogens is 543 g/mol. The van der Waals surface area contributed by atoms with E-state index in [-0.39, 0.29) is 12.8 Å². The Morgan fingerprint density at radius 1 is 0.541 bits per heavy atom. The third-order valence-corrected chi connectivity index (χ3v) is 5.66. The first-order valence-corrected chi connectivity index (χ1v) is 11.8. The van der Waals surface area contributed by atoms with E-state index in [1.54, 1.807) is 0 Å². The molecule has 0 aromatic heterocycles. The van der Waals surface area contributed by atoms with E-state index in [9.17, 15) is 61.9 Å². The third-order valence-electron chi connectivity index (χ3n) is 5.66. The van der Waals surface area contributed by atoms with Gasteiger partial charge in [-0.1, -0.05) is 71.1 Å². The highest BCUT2D eigenvalue weighted by Gasteiger charge is 2.90. The summed E-state index contributed by atoms with van der Waals surface area (Å²) in [6.07, 6.45) is -0.227. The highest BCUT2D eigenvalue weighted by atomic mass is 19.4. The number of hydrogen-bond donors (Lipinski definition) is 0. The van der Waals surface area contributed by atoms with Crippen LogP contribution >= 0.6 is 0 Å². The monoisotopic (exact) mass is 574 g/mol. The number of esters is 1. The van der Waals surface area contributed by atoms with Crippen molar-refractivity contribution in [3.63, 3.8) is 0 Å². The van der Waals surface area contributed by atoms with Gasteiger partial charge < -0.3 is 4.74 Å². The molecule has 0 bridgehead atoms. The molecule has 0 amide bonds. The summed E-state index contributed by atoms with van der Waals surface area (Å²) in [4.78, 5) is 11.5. The van der Waals surface area contributed by atoms with Gasteiger partial charge >= 0.3 is 41.8 Å². The van der Waals surface area contributed by atoms with Crippen LogP contribution in [-0.2, 0) is 9.53 Å². The summed E-state index contributed by atoms with van der Waals surface area (Å²) >= 11 is 0. The van der Waals surface area contributed by atoms with Crippen molar-refractivity contribution in [1.29, 1.82) is 0 Å². The predicted molar refractivity (Wildman–Crippen MR) is 107 cm³/mol. The maximum absolute atomic E-state index is 13.6. The van der Waals surface area contributed by atoms with Gasteiger partial charge in [-0.15, -0.1) is 0 Å². The number of carbonyl (C=O) groups is 1. The largest absolute Gasteiger partial charge is 0.465 e. The smallest absolute Gasteiger partial charge is 0.460 e. The van der Waals surface area contributed by atoms with Crippen molar-refractivity contribution in [2.75, 3.05) is 6.61 Å². The van der Waals surface area contributed by atoms with E-state index in [1.807, 2.05) is 0 Å². The molecular formula is C22H31F13O2. The van der Waals surface area contributed by atoms with Gasteiger partial charge in [0.1, 0.15) is 0 Å². The second-order valence-electron chi connectivity index (χ2n) is 8.76. The number of unbranched alkanes of at least 4 members (excludes halogenated alkanes) is 10. The molecule has 0 aliphatic carbocycles. The van der Waals surface area contributed by atoms with Crippen molar-refractivity contribution in [3.05, 3.63) is 0 Å². The lowest BCUT2D eigenvalue weighted by Gasteiger charge is -2.39. The average molecular weight is 574 g/mol. The Balaban J connectivity index is 4.63. The van der Waals surface area contributed by atoms with Crippen molar-refractivity contribution in [2.24, 2.45) is 0 Å². The molecule has 0 fully saturated rings. The fraction of sp³-hybridized carbons (Fsp3) is 0.955. The Morgan fingerprint density at radius 3 is 1.32 bits per heavy atom. The summed E-state index contributed by atoms with van der Waals surface area (Å²) in [6, 6.07) is 0. The zero-order chi connectivity index (χ0) is 29.2. The molecule has 0 atom stereocenters. The zero-order valence-corrected chi connectivity index (χ0v) is 20.1. The molecule has 0 radical (unpaired) electrons. The van der Waals surface area contributed by atoms with Gasteiger partial charge in [0.05, 0.1) is 13.0 Å². The second-order valence-corrected chi connectivity index (χ2v) is 8.76. The van der Waals surface area contributed by atoms with Crippen LogP contribution in [0.4, 0.5) is 57.1 Å². The van der Waals surface area contributed by atoms with Crippen molar-refractivity contribution in [3.8, 4) is 0 Å². The summed E-state index contributed by atoms with van der Waals surface area (Å²) in [5, 5.41) is 0. The van der Waals surface area contributed by atoms with E-state index >= 15 is 0 Å². The molecule has 0 heterocycles. The number of hydrogen-bond acceptors (Lipinski definition) is 2. The van der Waals surface area contributed by atoms with Gasteiger partial charge in [0.2, 0.25) is 0 Å². The molecule has 0 aliphatic heterocycles. The van der Waals surface area contributed by atoms with E-state index < -0.39 is 54.8 Å². The molecule has 0 spiro atoms. The first-order valence-electron chi connectivity index (χ1n) is 11.8. The number of rotatable bonds is 19. The van der Waals surface area contributed by atoms with Crippen LogP contribution < -0.4 is 0 Å². The van der Waals surface area contributed by atoms with Gasteiger partial charge in [-0.25, -0.2) is 0 Å². The lowest BCUT2D eigenvalue weighted by Crippen LogP contribution is -2.70. The molecule has 2 nitrogen and oxygen atoms in total. The molecule has 0 aliphatic rings. The molecule has 37 heavy (non-hydrogen) atoms. The topological polar surface area (TPSA) is 26.3 Å². The standard InChI is InChI=1S/C22H31F13O2/c1-2-3-4-5-6-7-8-9-10-11-12-13-16(36)37-15-14-17(23,24)18(25,26)19(27,28)20(29,30)21(31,32)22(33,34)35/h2-15H2,1H3. The first kappa shape index (κ1) is 35.6. The summed E-state index contributed by atoms with van der Waals surface area (Å²) in [5.74, 6) is -38.3. The highest BCUT2D eigenvalue weighted by molar-refractivity contribution is 5.69. The average Bonchev–Trinajstić information content (AvgIpc) is 2.76. The Hall–Kier alpha value is -1.44. The fourth-order valence-electron chi connectivity index (χ4n) is 3.26. The van der Waals surface area contributed by atoms with E-state index in [1.165, 1.54) is 12.8 Å². The lowest BCUT2D eigenvalue weighted by molar-refractivity contribution is -0.440. The van der Waals surface area contributed by atoms with E-state index in [0.717, 1.165) is 44.9 Å². The van der Waals surface area contributed by atoms with Crippen molar-refractivity contribution in [2.45, 2.75) is 126 Å². The number of ether oxygens (including phenoxy) is 1. The Labute approximate surface area is 206 Å². The maximum Gasteiger partial charge on any atom is 0.460 e. The molecule has 0 N–H and O–H groups in total. The normalized spacial score (nSPS) is 14.2. The van der Waals surface area contributed by atoms with Gasteiger partial charge in [-0.3, -0.25) is 4.79 Å². The number of halogens is 13. The van der Waals surface area contributed by atoms with Crippen LogP contribution in [0.25, 0.3) is 0 Å². The highest BCUT2D eigenvalue weighted by Crippen LogP contribution is 2.60. The van der Waals surface area contributed by atoms with Crippen LogP contribution in [0.5, 0.6) is 0 Å². The molecule has 0 unspecified atom stereocenters. The van der Waals surface area contributed by atoms with Crippen LogP contribution in [0.15, 0.2) is 0 Å². The van der Waals surface area contributed by atoms with Crippen LogP contribution in [0.3, 0.4) is 0 Å². The van der Waals surface area contributed by atoms with E-state index in [2.05, 4.69) is 11.7 Å². The van der Waals surface area contributed by atoms with Gasteiger partial charge in [0.15, 0.2) is 0 Å². The Bertz CT molecular complexity index is 676. The number of alkyl halides is 13. The summed E-state index contributed by atoms with van der Waals surface area (Å²) in [6.45, 7) is 0.406. The van der Waals surface area contributed by atoms with Crippen LogP contribution in [0.2, 0.25) is 0 Å². The summed E-state index contributed by atoms with van der Waals surface area (Å²) in [7, 11) is 0. The number of carbonyl (C=O) groups excluding carboxylic acids is 1. The van der Waals surface area contributed by atoms with E-state index in [4.69, 9.17) is 0 Å². The summed E-state index contributed by atoms with van der Waals surface area (Å²) in [5.41, 5.74) is 0. The van der Waals surface area contributed by atoms with Crippen molar-refractivity contribution < 1.29 is 66.6 Å². The van der Waals surface area contributed by atoms with Crippen LogP contribution in [0, 0.1) is 0 Å². The van der Waals surface area contributed by atoms with Crippen molar-refractivity contribution >= 4 is 5.97 Å². The molecule has 0 rings (SSSR count). The fourth-order valence-corrected chi connectivity index (χ4v) is 3.26. The molecule has 222 valence electrons. The van der Waals surface area contributed by atoms with Gasteiger partial charge in [-0.05, 0) is 6.42 Å². The molecule has 0 aromatic carbocycles. The van der Waals surface area contributed by atoms with Gasteiger partial charge in [0, 0.05) is 6.42 Å². The predicted octanol–water partition coefficient (Wildman–Crippen LogP) is 9.36. The minimum absolute atomic E-state index is 0.221. The minimum Gasteiger partial charge on any atom is -0.465 e. The van der Waals surface area contributed by atoms with Gasteiger partial charge in [-0.2, -0.15) is 57.1 Å². The Kier molecular flexibility index (Phi) is 13.5. The second kappa shape index (κ2) is 14.1. The van der Waals surface area contributed by atoms with Crippen molar-refractivity contribution in [1.82, 2.24) is 0 Å². The maximum atomic E-state index is 13.6. The Morgan fingerprint density at radius 2 is 0.919 bits per heavy atom. The van der Waals surface area contributed by atoms with Gasteiger partial charge in [0.25, 0.3) is 0 Å². The van der Waals surface area contributed by atoms with Crippen LogP contribution in [-0.4, -0.2) is 48.4 Å².